The van der Waals surface area contributed by atoms with Gasteiger partial charge >= 0.3 is 5.97 Å². The number of piperazine rings is 1. The highest BCUT2D eigenvalue weighted by Crippen LogP contribution is 2.32. The van der Waals surface area contributed by atoms with Gasteiger partial charge in [-0.1, -0.05) is 18.9 Å². The smallest absolute Gasteiger partial charge is 0.307 e. The Balaban J connectivity index is 1.64. The molecule has 0 aromatic carbocycles. The van der Waals surface area contributed by atoms with Crippen LogP contribution in [0.25, 0.3) is 0 Å². The third kappa shape index (κ3) is 3.73. The molecule has 25 heavy (non-hydrogen) atoms. The summed E-state index contributed by atoms with van der Waals surface area (Å²) < 4.78 is 26.8. The lowest BCUT2D eigenvalue weighted by Crippen LogP contribution is -2.53. The molecular formula is C16H22N2O5S2. The highest BCUT2D eigenvalue weighted by Gasteiger charge is 2.39. The predicted molar refractivity (Wildman–Crippen MR) is 92.7 cm³/mol. The molecule has 138 valence electrons. The van der Waals surface area contributed by atoms with Gasteiger partial charge in [0, 0.05) is 26.2 Å². The molecule has 1 N–H and O–H groups in total. The molecule has 1 saturated heterocycles. The van der Waals surface area contributed by atoms with Gasteiger partial charge in [-0.05, 0) is 24.3 Å². The fourth-order valence-corrected chi connectivity index (χ4v) is 6.21. The Hall–Kier alpha value is -1.45. The van der Waals surface area contributed by atoms with Crippen molar-refractivity contribution in [1.29, 1.82) is 0 Å². The molecule has 2 atom stereocenters. The van der Waals surface area contributed by atoms with E-state index >= 15 is 0 Å². The molecule has 1 aliphatic carbocycles. The second-order valence-corrected chi connectivity index (χ2v) is 9.61. The Morgan fingerprint density at radius 2 is 1.72 bits per heavy atom. The predicted octanol–water partition coefficient (Wildman–Crippen LogP) is 1.47. The van der Waals surface area contributed by atoms with Crippen molar-refractivity contribution in [2.24, 2.45) is 11.8 Å². The SMILES string of the molecule is O=C(O)[C@H]1CCCC[C@H]1C(=O)N1CCN(S(=O)(=O)c2cccs2)CC1. The van der Waals surface area contributed by atoms with Crippen LogP contribution in [0.4, 0.5) is 0 Å². The van der Waals surface area contributed by atoms with Crippen LogP contribution in [0.1, 0.15) is 25.7 Å². The minimum absolute atomic E-state index is 0.139. The molecule has 1 aliphatic heterocycles. The lowest BCUT2D eigenvalue weighted by molar-refractivity contribution is -0.152. The Labute approximate surface area is 151 Å². The first-order valence-electron chi connectivity index (χ1n) is 8.46. The summed E-state index contributed by atoms with van der Waals surface area (Å²) in [6.07, 6.45) is 2.85. The molecule has 9 heteroatoms. The molecule has 1 amide bonds. The highest BCUT2D eigenvalue weighted by atomic mass is 32.2. The van der Waals surface area contributed by atoms with Crippen molar-refractivity contribution in [3.63, 3.8) is 0 Å². The van der Waals surface area contributed by atoms with E-state index in [0.29, 0.717) is 30.1 Å². The van der Waals surface area contributed by atoms with E-state index in [2.05, 4.69) is 0 Å². The first-order valence-corrected chi connectivity index (χ1v) is 10.8. The lowest BCUT2D eigenvalue weighted by atomic mass is 9.78. The van der Waals surface area contributed by atoms with Crippen molar-refractivity contribution in [1.82, 2.24) is 9.21 Å². The number of rotatable bonds is 4. The summed E-state index contributed by atoms with van der Waals surface area (Å²) in [5, 5.41) is 11.1. The van der Waals surface area contributed by atoms with Crippen LogP contribution in [-0.4, -0.2) is 60.8 Å². The zero-order valence-electron chi connectivity index (χ0n) is 13.8. The fraction of sp³-hybridized carbons (Fsp3) is 0.625. The summed E-state index contributed by atoms with van der Waals surface area (Å²) in [5.41, 5.74) is 0. The summed E-state index contributed by atoms with van der Waals surface area (Å²) >= 11 is 1.18. The van der Waals surface area contributed by atoms with E-state index < -0.39 is 27.8 Å². The van der Waals surface area contributed by atoms with Gasteiger partial charge in [0.2, 0.25) is 5.91 Å². The molecular weight excluding hydrogens is 364 g/mol. The number of nitrogens with zero attached hydrogens (tertiary/aromatic N) is 2. The van der Waals surface area contributed by atoms with Gasteiger partial charge < -0.3 is 10.0 Å². The van der Waals surface area contributed by atoms with Gasteiger partial charge in [0.25, 0.3) is 10.0 Å². The third-order valence-corrected chi connectivity index (χ3v) is 8.31. The second-order valence-electron chi connectivity index (χ2n) is 6.50. The number of thiophene rings is 1. The molecule has 1 aromatic heterocycles. The Bertz CT molecular complexity index is 724. The number of aliphatic carboxylic acids is 1. The summed E-state index contributed by atoms with van der Waals surface area (Å²) in [4.78, 5) is 25.8. The highest BCUT2D eigenvalue weighted by molar-refractivity contribution is 7.91. The number of carbonyl (C=O) groups is 2. The number of hydrogen-bond donors (Lipinski definition) is 1. The van der Waals surface area contributed by atoms with Crippen molar-refractivity contribution < 1.29 is 23.1 Å². The largest absolute Gasteiger partial charge is 0.481 e. The lowest BCUT2D eigenvalue weighted by Gasteiger charge is -2.37. The molecule has 3 rings (SSSR count). The summed E-state index contributed by atoms with van der Waals surface area (Å²) in [6.45, 7) is 1.12. The monoisotopic (exact) mass is 386 g/mol. The van der Waals surface area contributed by atoms with Gasteiger partial charge in [0.05, 0.1) is 11.8 Å². The number of carboxylic acids is 1. The number of hydrogen-bond acceptors (Lipinski definition) is 5. The van der Waals surface area contributed by atoms with Crippen LogP contribution in [0.15, 0.2) is 21.7 Å². The molecule has 7 nitrogen and oxygen atoms in total. The average Bonchev–Trinajstić information content (AvgIpc) is 3.16. The van der Waals surface area contributed by atoms with Crippen molar-refractivity contribution in [2.75, 3.05) is 26.2 Å². The van der Waals surface area contributed by atoms with Gasteiger partial charge in [-0.25, -0.2) is 8.42 Å². The van der Waals surface area contributed by atoms with E-state index in [-0.39, 0.29) is 19.0 Å². The third-order valence-electron chi connectivity index (χ3n) is 5.04. The van der Waals surface area contributed by atoms with Gasteiger partial charge in [-0.15, -0.1) is 11.3 Å². The van der Waals surface area contributed by atoms with Gasteiger partial charge in [-0.3, -0.25) is 9.59 Å². The zero-order valence-corrected chi connectivity index (χ0v) is 15.5. The average molecular weight is 386 g/mol. The Morgan fingerprint density at radius 1 is 1.08 bits per heavy atom. The number of sulfonamides is 1. The van der Waals surface area contributed by atoms with Gasteiger partial charge in [0.15, 0.2) is 0 Å². The van der Waals surface area contributed by atoms with E-state index in [1.54, 1.807) is 22.4 Å². The molecule has 0 spiro atoms. The number of amides is 1. The van der Waals surface area contributed by atoms with Crippen LogP contribution in [0.2, 0.25) is 0 Å². The zero-order chi connectivity index (χ0) is 18.0. The van der Waals surface area contributed by atoms with Crippen LogP contribution in [0.5, 0.6) is 0 Å². The maximum absolute atomic E-state index is 12.7. The van der Waals surface area contributed by atoms with Crippen LogP contribution in [-0.2, 0) is 19.6 Å². The van der Waals surface area contributed by atoms with Crippen molar-refractivity contribution in [3.05, 3.63) is 17.5 Å². The maximum atomic E-state index is 12.7. The summed E-state index contributed by atoms with van der Waals surface area (Å²) in [5.74, 6) is -2.14. The van der Waals surface area contributed by atoms with Crippen molar-refractivity contribution >= 4 is 33.2 Å². The molecule has 0 unspecified atom stereocenters. The minimum atomic E-state index is -3.50. The van der Waals surface area contributed by atoms with Crippen LogP contribution >= 0.6 is 11.3 Å². The van der Waals surface area contributed by atoms with E-state index in [4.69, 9.17) is 0 Å². The Morgan fingerprint density at radius 3 is 2.28 bits per heavy atom. The van der Waals surface area contributed by atoms with Gasteiger partial charge in [-0.2, -0.15) is 4.31 Å². The number of carbonyl (C=O) groups excluding carboxylic acids is 1. The van der Waals surface area contributed by atoms with Crippen molar-refractivity contribution in [2.45, 2.75) is 29.9 Å². The first-order chi connectivity index (χ1) is 11.9. The van der Waals surface area contributed by atoms with E-state index in [9.17, 15) is 23.1 Å². The molecule has 1 saturated carbocycles. The normalized spacial score (nSPS) is 25.7. The molecule has 0 radical (unpaired) electrons. The van der Waals surface area contributed by atoms with Crippen LogP contribution < -0.4 is 0 Å². The number of carboxylic acid groups (broad SMARTS) is 1. The van der Waals surface area contributed by atoms with Crippen LogP contribution in [0, 0.1) is 11.8 Å². The van der Waals surface area contributed by atoms with Crippen LogP contribution in [0.3, 0.4) is 0 Å². The molecule has 1 aromatic rings. The topological polar surface area (TPSA) is 95.0 Å². The van der Waals surface area contributed by atoms with E-state index in [1.165, 1.54) is 15.6 Å². The van der Waals surface area contributed by atoms with Gasteiger partial charge in [0.1, 0.15) is 4.21 Å². The molecule has 2 aliphatic rings. The fourth-order valence-electron chi connectivity index (χ4n) is 3.64. The molecule has 2 fully saturated rings. The first kappa shape index (κ1) is 18.3. The molecule has 0 bridgehead atoms. The quantitative estimate of drug-likeness (QED) is 0.846. The second kappa shape index (κ2) is 7.43. The Kier molecular flexibility index (Phi) is 5.45. The van der Waals surface area contributed by atoms with Crippen molar-refractivity contribution in [3.8, 4) is 0 Å². The summed E-state index contributed by atoms with van der Waals surface area (Å²) in [6, 6.07) is 3.28. The summed E-state index contributed by atoms with van der Waals surface area (Å²) in [7, 11) is -3.50. The maximum Gasteiger partial charge on any atom is 0.307 e. The van der Waals surface area contributed by atoms with E-state index in [0.717, 1.165) is 12.8 Å². The standard InChI is InChI=1S/C16H22N2O5S2/c19-15(12-4-1-2-5-13(12)16(20)21)17-7-9-18(10-8-17)25(22,23)14-6-3-11-24-14/h3,6,11-13H,1-2,4-5,7-10H2,(H,20,21)/t12-,13+/m1/s1. The minimum Gasteiger partial charge on any atom is -0.481 e. The molecule has 2 heterocycles. The van der Waals surface area contributed by atoms with E-state index in [1.807, 2.05) is 0 Å².